The van der Waals surface area contributed by atoms with Crippen LogP contribution in [-0.4, -0.2) is 58.0 Å². The van der Waals surface area contributed by atoms with E-state index in [1.54, 1.807) is 0 Å². The van der Waals surface area contributed by atoms with Gasteiger partial charge in [0.2, 0.25) is 0 Å². The lowest BCUT2D eigenvalue weighted by Gasteiger charge is -2.18. The van der Waals surface area contributed by atoms with Crippen LogP contribution >= 0.6 is 0 Å². The number of sulfone groups is 1. The molecule has 6 nitrogen and oxygen atoms in total. The molecule has 0 aromatic heterocycles. The molecule has 0 aliphatic carbocycles. The minimum Gasteiger partial charge on any atom is -0.357 e. The van der Waals surface area contributed by atoms with Crippen molar-refractivity contribution in [2.75, 3.05) is 32.6 Å². The SMILES string of the molecule is CCNC(=NCc1ccccc1CN(C)C)NC(C)CCS(C)(=O)=O. The van der Waals surface area contributed by atoms with E-state index >= 15 is 0 Å². The normalized spacial score (nSPS) is 13.8. The smallest absolute Gasteiger partial charge is 0.191 e. The molecule has 2 N–H and O–H groups in total. The summed E-state index contributed by atoms with van der Waals surface area (Å²) in [6.07, 6.45) is 1.82. The van der Waals surface area contributed by atoms with Gasteiger partial charge < -0.3 is 15.5 Å². The predicted molar refractivity (Wildman–Crippen MR) is 106 cm³/mol. The minimum atomic E-state index is -2.94. The number of nitrogens with zero attached hydrogens (tertiary/aromatic N) is 2. The van der Waals surface area contributed by atoms with Gasteiger partial charge in [0.25, 0.3) is 0 Å². The van der Waals surface area contributed by atoms with Gasteiger partial charge in [0, 0.05) is 25.4 Å². The molecule has 0 bridgehead atoms. The molecule has 1 aromatic carbocycles. The van der Waals surface area contributed by atoms with E-state index in [0.717, 1.165) is 13.1 Å². The van der Waals surface area contributed by atoms with Gasteiger partial charge in [-0.05, 0) is 45.5 Å². The third kappa shape index (κ3) is 9.45. The molecule has 0 saturated heterocycles. The van der Waals surface area contributed by atoms with E-state index in [1.807, 2.05) is 26.0 Å². The lowest BCUT2D eigenvalue weighted by atomic mass is 10.1. The van der Waals surface area contributed by atoms with Gasteiger partial charge in [-0.1, -0.05) is 24.3 Å². The molecule has 0 aliphatic rings. The van der Waals surface area contributed by atoms with E-state index in [-0.39, 0.29) is 11.8 Å². The van der Waals surface area contributed by atoms with E-state index in [0.29, 0.717) is 18.9 Å². The van der Waals surface area contributed by atoms with Gasteiger partial charge in [-0.2, -0.15) is 0 Å². The average Bonchev–Trinajstić information content (AvgIpc) is 2.51. The first-order chi connectivity index (χ1) is 11.7. The molecule has 25 heavy (non-hydrogen) atoms. The molecule has 142 valence electrons. The second-order valence-corrected chi connectivity index (χ2v) is 8.93. The van der Waals surface area contributed by atoms with Crippen molar-refractivity contribution in [1.29, 1.82) is 0 Å². The Morgan fingerprint density at radius 3 is 2.44 bits per heavy atom. The fourth-order valence-corrected chi connectivity index (χ4v) is 3.17. The maximum atomic E-state index is 11.3. The fourth-order valence-electron chi connectivity index (χ4n) is 2.39. The highest BCUT2D eigenvalue weighted by Crippen LogP contribution is 2.11. The van der Waals surface area contributed by atoms with Crippen molar-refractivity contribution in [3.05, 3.63) is 35.4 Å². The molecular weight excluding hydrogens is 336 g/mol. The molecule has 0 spiro atoms. The third-order valence-corrected chi connectivity index (χ3v) is 4.64. The molecule has 0 aliphatic heterocycles. The van der Waals surface area contributed by atoms with Crippen molar-refractivity contribution in [3.8, 4) is 0 Å². The molecule has 1 aromatic rings. The number of benzene rings is 1. The maximum Gasteiger partial charge on any atom is 0.191 e. The number of hydrogen-bond acceptors (Lipinski definition) is 4. The summed E-state index contributed by atoms with van der Waals surface area (Å²) in [6.45, 7) is 6.19. The van der Waals surface area contributed by atoms with Gasteiger partial charge in [0.05, 0.1) is 12.3 Å². The zero-order chi connectivity index (χ0) is 18.9. The summed E-state index contributed by atoms with van der Waals surface area (Å²) in [4.78, 5) is 6.80. The molecule has 7 heteroatoms. The van der Waals surface area contributed by atoms with E-state index in [2.05, 4.69) is 46.8 Å². The molecule has 0 radical (unpaired) electrons. The highest BCUT2D eigenvalue weighted by Gasteiger charge is 2.10. The zero-order valence-corrected chi connectivity index (χ0v) is 16.9. The van der Waals surface area contributed by atoms with Gasteiger partial charge in [-0.3, -0.25) is 0 Å². The Labute approximate surface area is 152 Å². The van der Waals surface area contributed by atoms with Crippen LogP contribution in [0.25, 0.3) is 0 Å². The largest absolute Gasteiger partial charge is 0.357 e. The Kier molecular flexibility index (Phi) is 8.92. The first-order valence-corrected chi connectivity index (χ1v) is 10.7. The van der Waals surface area contributed by atoms with E-state index in [4.69, 9.17) is 0 Å². The number of nitrogens with one attached hydrogen (secondary N) is 2. The molecule has 0 saturated carbocycles. The predicted octanol–water partition coefficient (Wildman–Crippen LogP) is 1.63. The van der Waals surface area contributed by atoms with Crippen molar-refractivity contribution in [2.45, 2.75) is 39.4 Å². The van der Waals surface area contributed by atoms with Gasteiger partial charge in [-0.25, -0.2) is 13.4 Å². The molecule has 1 rings (SSSR count). The van der Waals surface area contributed by atoms with Crippen molar-refractivity contribution in [2.24, 2.45) is 4.99 Å². The van der Waals surface area contributed by atoms with Crippen LogP contribution in [-0.2, 0) is 22.9 Å². The Morgan fingerprint density at radius 2 is 1.88 bits per heavy atom. The average molecular weight is 369 g/mol. The van der Waals surface area contributed by atoms with Crippen molar-refractivity contribution in [1.82, 2.24) is 15.5 Å². The van der Waals surface area contributed by atoms with Crippen LogP contribution in [0.5, 0.6) is 0 Å². The maximum absolute atomic E-state index is 11.3. The molecule has 0 heterocycles. The highest BCUT2D eigenvalue weighted by atomic mass is 32.2. The van der Waals surface area contributed by atoms with Gasteiger partial charge in [0.15, 0.2) is 5.96 Å². The van der Waals surface area contributed by atoms with Crippen LogP contribution in [0.3, 0.4) is 0 Å². The first-order valence-electron chi connectivity index (χ1n) is 8.65. The number of rotatable bonds is 9. The summed E-state index contributed by atoms with van der Waals surface area (Å²) in [5, 5.41) is 6.51. The molecule has 0 fully saturated rings. The van der Waals surface area contributed by atoms with Crippen LogP contribution in [0.2, 0.25) is 0 Å². The van der Waals surface area contributed by atoms with Crippen molar-refractivity contribution >= 4 is 15.8 Å². The van der Waals surface area contributed by atoms with Gasteiger partial charge in [-0.15, -0.1) is 0 Å². The minimum absolute atomic E-state index is 0.0320. The second-order valence-electron chi connectivity index (χ2n) is 6.67. The summed E-state index contributed by atoms with van der Waals surface area (Å²) in [7, 11) is 1.16. The Bertz CT molecular complexity index is 657. The lowest BCUT2D eigenvalue weighted by molar-refractivity contribution is 0.401. The topological polar surface area (TPSA) is 73.8 Å². The molecule has 0 amide bonds. The standard InChI is InChI=1S/C18H32N4O2S/c1-6-19-18(21-15(2)11-12-25(5,23)24)20-13-16-9-7-8-10-17(16)14-22(3)4/h7-10,15H,6,11-14H2,1-5H3,(H2,19,20,21). The summed E-state index contributed by atoms with van der Waals surface area (Å²) in [5.41, 5.74) is 2.45. The van der Waals surface area contributed by atoms with Gasteiger partial charge >= 0.3 is 0 Å². The summed E-state index contributed by atoms with van der Waals surface area (Å²) >= 11 is 0. The number of guanidine groups is 1. The number of hydrogen-bond donors (Lipinski definition) is 2. The molecule has 1 unspecified atom stereocenters. The second kappa shape index (κ2) is 10.4. The Hall–Kier alpha value is -1.60. The first kappa shape index (κ1) is 21.4. The molecule has 1 atom stereocenters. The lowest BCUT2D eigenvalue weighted by Crippen LogP contribution is -2.42. The number of aliphatic imine (C=N–C) groups is 1. The molecular formula is C18H32N4O2S. The Morgan fingerprint density at radius 1 is 1.24 bits per heavy atom. The Balaban J connectivity index is 2.75. The third-order valence-electron chi connectivity index (χ3n) is 3.66. The van der Waals surface area contributed by atoms with Crippen LogP contribution in [0, 0.1) is 0 Å². The van der Waals surface area contributed by atoms with Crippen LogP contribution in [0.1, 0.15) is 31.4 Å². The van der Waals surface area contributed by atoms with E-state index in [9.17, 15) is 8.42 Å². The quantitative estimate of drug-likeness (QED) is 0.512. The van der Waals surface area contributed by atoms with E-state index in [1.165, 1.54) is 17.4 Å². The monoisotopic (exact) mass is 368 g/mol. The van der Waals surface area contributed by atoms with Gasteiger partial charge in [0.1, 0.15) is 9.84 Å². The van der Waals surface area contributed by atoms with Crippen LogP contribution in [0.4, 0.5) is 0 Å². The summed E-state index contributed by atoms with van der Waals surface area (Å²) in [6, 6.07) is 8.32. The zero-order valence-electron chi connectivity index (χ0n) is 16.0. The highest BCUT2D eigenvalue weighted by molar-refractivity contribution is 7.90. The van der Waals surface area contributed by atoms with Crippen molar-refractivity contribution < 1.29 is 8.42 Å². The van der Waals surface area contributed by atoms with Crippen molar-refractivity contribution in [3.63, 3.8) is 0 Å². The van der Waals surface area contributed by atoms with E-state index < -0.39 is 9.84 Å². The van der Waals surface area contributed by atoms with Crippen LogP contribution in [0.15, 0.2) is 29.3 Å². The summed E-state index contributed by atoms with van der Waals surface area (Å²) < 4.78 is 22.6. The fraction of sp³-hybridized carbons (Fsp3) is 0.611. The summed E-state index contributed by atoms with van der Waals surface area (Å²) in [5.74, 6) is 0.884. The van der Waals surface area contributed by atoms with Crippen LogP contribution < -0.4 is 10.6 Å².